The minimum atomic E-state index is -1.84. The molecule has 72 valence electrons. The second kappa shape index (κ2) is 4.54. The Morgan fingerprint density at radius 1 is 1.92 bits per heavy atom. The number of rotatable bonds is 3. The van der Waals surface area contributed by atoms with Gasteiger partial charge in [0.1, 0.15) is 0 Å². The number of ether oxygens (including phenoxy) is 1. The summed E-state index contributed by atoms with van der Waals surface area (Å²) in [6.45, 7) is 1.79. The van der Waals surface area contributed by atoms with Crippen molar-refractivity contribution in [1.29, 1.82) is 0 Å². The topological polar surface area (TPSA) is 44.1 Å². The SMILES string of the molecule is CCOC(=O)C(F)n1cc(I)cn1. The van der Waals surface area contributed by atoms with Crippen LogP contribution >= 0.6 is 22.6 Å². The van der Waals surface area contributed by atoms with Crippen molar-refractivity contribution < 1.29 is 13.9 Å². The zero-order valence-corrected chi connectivity index (χ0v) is 9.06. The third-order valence-corrected chi connectivity index (χ3v) is 1.84. The fourth-order valence-electron chi connectivity index (χ4n) is 0.758. The Hall–Kier alpha value is -0.660. The van der Waals surface area contributed by atoms with Crippen LogP contribution < -0.4 is 0 Å². The molecule has 1 unspecified atom stereocenters. The molecule has 0 radical (unpaired) electrons. The van der Waals surface area contributed by atoms with Gasteiger partial charge in [-0.3, -0.25) is 0 Å². The lowest BCUT2D eigenvalue weighted by Gasteiger charge is -2.06. The molecule has 0 spiro atoms. The van der Waals surface area contributed by atoms with Crippen molar-refractivity contribution in [3.8, 4) is 0 Å². The molecule has 0 fully saturated rings. The molecule has 0 aromatic carbocycles. The van der Waals surface area contributed by atoms with Crippen molar-refractivity contribution >= 4 is 28.6 Å². The molecule has 0 bridgehead atoms. The van der Waals surface area contributed by atoms with Gasteiger partial charge in [0.2, 0.25) is 0 Å². The summed E-state index contributed by atoms with van der Waals surface area (Å²) in [6.07, 6.45) is 1.05. The van der Waals surface area contributed by atoms with E-state index in [0.29, 0.717) is 0 Å². The number of carbonyl (C=O) groups is 1. The highest BCUT2D eigenvalue weighted by atomic mass is 127. The molecule has 0 saturated carbocycles. The van der Waals surface area contributed by atoms with Gasteiger partial charge in [-0.2, -0.15) is 5.10 Å². The predicted molar refractivity (Wildman–Crippen MR) is 51.7 cm³/mol. The maximum Gasteiger partial charge on any atom is 0.363 e. The zero-order valence-electron chi connectivity index (χ0n) is 6.91. The number of hydrogen-bond acceptors (Lipinski definition) is 3. The molecule has 0 N–H and O–H groups in total. The number of hydrogen-bond donors (Lipinski definition) is 0. The summed E-state index contributed by atoms with van der Waals surface area (Å²) in [7, 11) is 0. The van der Waals surface area contributed by atoms with Crippen molar-refractivity contribution in [2.75, 3.05) is 6.61 Å². The van der Waals surface area contributed by atoms with Crippen LogP contribution in [0, 0.1) is 3.57 Å². The lowest BCUT2D eigenvalue weighted by Crippen LogP contribution is -2.18. The van der Waals surface area contributed by atoms with E-state index in [2.05, 4.69) is 9.84 Å². The third-order valence-electron chi connectivity index (χ3n) is 1.28. The third kappa shape index (κ3) is 2.64. The first kappa shape index (κ1) is 10.4. The van der Waals surface area contributed by atoms with Crippen LogP contribution in [-0.4, -0.2) is 22.4 Å². The summed E-state index contributed by atoms with van der Waals surface area (Å²) < 4.78 is 19.3. The minimum Gasteiger partial charge on any atom is -0.462 e. The van der Waals surface area contributed by atoms with Gasteiger partial charge in [0.05, 0.1) is 16.4 Å². The zero-order chi connectivity index (χ0) is 9.84. The van der Waals surface area contributed by atoms with E-state index in [1.807, 2.05) is 22.6 Å². The number of alkyl halides is 1. The lowest BCUT2D eigenvalue weighted by atomic mass is 10.6. The Morgan fingerprint density at radius 3 is 3.08 bits per heavy atom. The molecule has 0 amide bonds. The standard InChI is InChI=1S/C7H8FIN2O2/c1-2-13-7(12)6(8)11-4-5(9)3-10-11/h3-4,6H,2H2,1H3. The molecule has 0 aliphatic carbocycles. The molecule has 6 heteroatoms. The highest BCUT2D eigenvalue weighted by Gasteiger charge is 2.20. The smallest absolute Gasteiger partial charge is 0.363 e. The number of esters is 1. The molecule has 1 aromatic heterocycles. The highest BCUT2D eigenvalue weighted by molar-refractivity contribution is 14.1. The second-order valence-electron chi connectivity index (χ2n) is 2.23. The van der Waals surface area contributed by atoms with E-state index in [0.717, 1.165) is 8.25 Å². The Kier molecular flexibility index (Phi) is 3.64. The molecule has 0 aliphatic heterocycles. The Morgan fingerprint density at radius 2 is 2.62 bits per heavy atom. The fraction of sp³-hybridized carbons (Fsp3) is 0.429. The quantitative estimate of drug-likeness (QED) is 0.628. The van der Waals surface area contributed by atoms with E-state index in [9.17, 15) is 9.18 Å². The van der Waals surface area contributed by atoms with Crippen molar-refractivity contribution in [3.05, 3.63) is 16.0 Å². The van der Waals surface area contributed by atoms with Gasteiger partial charge in [-0.05, 0) is 29.5 Å². The van der Waals surface area contributed by atoms with Crippen LogP contribution in [0.2, 0.25) is 0 Å². The van der Waals surface area contributed by atoms with Gasteiger partial charge < -0.3 is 4.74 Å². The minimum absolute atomic E-state index is 0.164. The van der Waals surface area contributed by atoms with Crippen LogP contribution in [0.3, 0.4) is 0 Å². The van der Waals surface area contributed by atoms with Crippen molar-refractivity contribution in [3.63, 3.8) is 0 Å². The number of aromatic nitrogens is 2. The lowest BCUT2D eigenvalue weighted by molar-refractivity contribution is -0.153. The molecular weight excluding hydrogens is 290 g/mol. The van der Waals surface area contributed by atoms with Gasteiger partial charge >= 0.3 is 5.97 Å². The summed E-state index contributed by atoms with van der Waals surface area (Å²) in [6, 6.07) is 0. The maximum absolute atomic E-state index is 13.2. The summed E-state index contributed by atoms with van der Waals surface area (Å²) in [5.74, 6) is -0.915. The molecule has 0 aliphatic rings. The molecule has 1 atom stereocenters. The van der Waals surface area contributed by atoms with Crippen LogP contribution in [-0.2, 0) is 9.53 Å². The summed E-state index contributed by atoms with van der Waals surface area (Å²) in [5.41, 5.74) is 0. The average Bonchev–Trinajstić information content (AvgIpc) is 2.51. The first-order chi connectivity index (χ1) is 6.15. The molecular formula is C7H8FIN2O2. The van der Waals surface area contributed by atoms with Crippen LogP contribution in [0.25, 0.3) is 0 Å². The number of nitrogens with zero attached hydrogens (tertiary/aromatic N) is 2. The van der Waals surface area contributed by atoms with E-state index in [1.165, 1.54) is 12.4 Å². The van der Waals surface area contributed by atoms with Crippen molar-refractivity contribution in [1.82, 2.24) is 9.78 Å². The predicted octanol–water partition coefficient (Wildman–Crippen LogP) is 1.52. The molecule has 1 rings (SSSR count). The molecule has 1 heterocycles. The largest absolute Gasteiger partial charge is 0.462 e. The van der Waals surface area contributed by atoms with Crippen LogP contribution in [0.15, 0.2) is 12.4 Å². The Balaban J connectivity index is 2.67. The van der Waals surface area contributed by atoms with Gasteiger partial charge in [0, 0.05) is 6.20 Å². The molecule has 0 saturated heterocycles. The first-order valence-electron chi connectivity index (χ1n) is 3.65. The normalized spacial score (nSPS) is 12.5. The van der Waals surface area contributed by atoms with E-state index < -0.39 is 12.3 Å². The van der Waals surface area contributed by atoms with Gasteiger partial charge in [0.15, 0.2) is 0 Å². The maximum atomic E-state index is 13.2. The molecule has 1 aromatic rings. The van der Waals surface area contributed by atoms with E-state index in [1.54, 1.807) is 6.92 Å². The van der Waals surface area contributed by atoms with Crippen LogP contribution in [0.5, 0.6) is 0 Å². The molecule has 13 heavy (non-hydrogen) atoms. The van der Waals surface area contributed by atoms with Crippen molar-refractivity contribution in [2.24, 2.45) is 0 Å². The summed E-state index contributed by atoms with van der Waals surface area (Å²) >= 11 is 1.98. The van der Waals surface area contributed by atoms with Gasteiger partial charge in [-0.15, -0.1) is 0 Å². The second-order valence-corrected chi connectivity index (χ2v) is 3.47. The van der Waals surface area contributed by atoms with Gasteiger partial charge in [-0.1, -0.05) is 0 Å². The van der Waals surface area contributed by atoms with Gasteiger partial charge in [0.25, 0.3) is 6.30 Å². The van der Waals surface area contributed by atoms with E-state index in [4.69, 9.17) is 0 Å². The number of carbonyl (C=O) groups excluding carboxylic acids is 1. The molecule has 4 nitrogen and oxygen atoms in total. The highest BCUT2D eigenvalue weighted by Crippen LogP contribution is 2.11. The van der Waals surface area contributed by atoms with E-state index in [-0.39, 0.29) is 6.61 Å². The summed E-state index contributed by atoms with van der Waals surface area (Å²) in [5, 5.41) is 3.65. The Labute approximate surface area is 88.2 Å². The van der Waals surface area contributed by atoms with Crippen LogP contribution in [0.4, 0.5) is 4.39 Å². The first-order valence-corrected chi connectivity index (χ1v) is 4.73. The van der Waals surface area contributed by atoms with Gasteiger partial charge in [-0.25, -0.2) is 13.9 Å². The fourth-order valence-corrected chi connectivity index (χ4v) is 1.17. The monoisotopic (exact) mass is 298 g/mol. The van der Waals surface area contributed by atoms with Crippen LogP contribution in [0.1, 0.15) is 13.2 Å². The average molecular weight is 298 g/mol. The Bertz CT molecular complexity index is 302. The van der Waals surface area contributed by atoms with Crippen molar-refractivity contribution in [2.45, 2.75) is 13.2 Å². The summed E-state index contributed by atoms with van der Waals surface area (Å²) in [4.78, 5) is 10.9. The van der Waals surface area contributed by atoms with E-state index >= 15 is 0 Å². The number of halogens is 2.